The molecule has 1 amide bonds. The lowest BCUT2D eigenvalue weighted by Crippen LogP contribution is -2.40. The molecule has 0 radical (unpaired) electrons. The molecule has 32 heavy (non-hydrogen) atoms. The smallest absolute Gasteiger partial charge is 0.244 e. The highest BCUT2D eigenvalue weighted by atomic mass is 32.2. The topological polar surface area (TPSA) is 75.7 Å². The third-order valence-corrected chi connectivity index (χ3v) is 8.06. The fraction of sp³-hybridized carbons (Fsp3) is 0.400. The van der Waals surface area contributed by atoms with E-state index in [4.69, 9.17) is 4.74 Å². The Labute approximate surface area is 190 Å². The van der Waals surface area contributed by atoms with Crippen LogP contribution in [-0.4, -0.2) is 44.9 Å². The maximum Gasteiger partial charge on any atom is 0.244 e. The third kappa shape index (κ3) is 5.28. The van der Waals surface area contributed by atoms with Gasteiger partial charge < -0.3 is 10.1 Å². The van der Waals surface area contributed by atoms with E-state index in [9.17, 15) is 13.2 Å². The number of rotatable bonds is 6. The minimum absolute atomic E-state index is 0.0829. The zero-order chi connectivity index (χ0) is 22.6. The van der Waals surface area contributed by atoms with Crippen molar-refractivity contribution in [1.82, 2.24) is 9.62 Å². The number of carbonyl (C=O) groups excluding carboxylic acids is 1. The molecule has 1 heterocycles. The fourth-order valence-corrected chi connectivity index (χ4v) is 5.63. The van der Waals surface area contributed by atoms with Crippen LogP contribution >= 0.6 is 0 Å². The van der Waals surface area contributed by atoms with Crippen LogP contribution in [0.3, 0.4) is 0 Å². The molecular formula is C25H30N2O4S. The molecule has 0 bridgehead atoms. The molecular weight excluding hydrogens is 424 g/mol. The van der Waals surface area contributed by atoms with Gasteiger partial charge in [0.1, 0.15) is 0 Å². The first-order chi connectivity index (χ1) is 15.4. The van der Waals surface area contributed by atoms with Gasteiger partial charge in [-0.2, -0.15) is 4.31 Å². The summed E-state index contributed by atoms with van der Waals surface area (Å²) >= 11 is 0. The summed E-state index contributed by atoms with van der Waals surface area (Å²) in [4.78, 5) is 12.7. The monoisotopic (exact) mass is 454 g/mol. The Kier molecular flexibility index (Phi) is 7.08. The van der Waals surface area contributed by atoms with Crippen molar-refractivity contribution >= 4 is 22.0 Å². The number of morpholine rings is 1. The van der Waals surface area contributed by atoms with E-state index in [1.807, 2.05) is 6.92 Å². The van der Waals surface area contributed by atoms with Crippen molar-refractivity contribution in [2.75, 3.05) is 26.3 Å². The molecule has 7 heteroatoms. The van der Waals surface area contributed by atoms with Crippen LogP contribution in [0.25, 0.3) is 6.08 Å². The second-order valence-corrected chi connectivity index (χ2v) is 10.3. The highest BCUT2D eigenvalue weighted by Crippen LogP contribution is 2.25. The fourth-order valence-electron chi connectivity index (χ4n) is 4.23. The summed E-state index contributed by atoms with van der Waals surface area (Å²) < 4.78 is 32.1. The van der Waals surface area contributed by atoms with E-state index in [-0.39, 0.29) is 16.8 Å². The largest absolute Gasteiger partial charge is 0.379 e. The van der Waals surface area contributed by atoms with Gasteiger partial charge in [-0.25, -0.2) is 8.42 Å². The van der Waals surface area contributed by atoms with Gasteiger partial charge in [0, 0.05) is 19.2 Å². The van der Waals surface area contributed by atoms with Crippen LogP contribution < -0.4 is 5.32 Å². The second kappa shape index (κ2) is 9.98. The second-order valence-electron chi connectivity index (χ2n) is 8.38. The lowest BCUT2D eigenvalue weighted by atomic mass is 9.89. The zero-order valence-corrected chi connectivity index (χ0v) is 19.2. The van der Waals surface area contributed by atoms with Crippen molar-refractivity contribution in [2.24, 2.45) is 0 Å². The van der Waals surface area contributed by atoms with E-state index in [0.29, 0.717) is 26.3 Å². The highest BCUT2D eigenvalue weighted by Gasteiger charge is 2.26. The summed E-state index contributed by atoms with van der Waals surface area (Å²) in [6.45, 7) is 3.55. The van der Waals surface area contributed by atoms with E-state index < -0.39 is 10.0 Å². The van der Waals surface area contributed by atoms with Gasteiger partial charge in [-0.15, -0.1) is 0 Å². The van der Waals surface area contributed by atoms with Gasteiger partial charge >= 0.3 is 0 Å². The summed E-state index contributed by atoms with van der Waals surface area (Å²) in [7, 11) is -3.51. The summed E-state index contributed by atoms with van der Waals surface area (Å²) in [6, 6.07) is 13.0. The minimum Gasteiger partial charge on any atom is -0.379 e. The van der Waals surface area contributed by atoms with Crippen molar-refractivity contribution in [3.05, 3.63) is 70.8 Å². The van der Waals surface area contributed by atoms with Crippen LogP contribution in [-0.2, 0) is 32.4 Å². The van der Waals surface area contributed by atoms with Crippen LogP contribution in [0.15, 0.2) is 53.4 Å². The number of aryl methyl sites for hydroxylation is 2. The molecule has 1 unspecified atom stereocenters. The van der Waals surface area contributed by atoms with Gasteiger partial charge in [0.15, 0.2) is 0 Å². The maximum absolute atomic E-state index is 12.7. The average Bonchev–Trinajstić information content (AvgIpc) is 2.83. The van der Waals surface area contributed by atoms with E-state index in [1.54, 1.807) is 30.3 Å². The highest BCUT2D eigenvalue weighted by molar-refractivity contribution is 7.89. The molecule has 0 saturated carbocycles. The molecule has 4 rings (SSSR count). The van der Waals surface area contributed by atoms with E-state index >= 15 is 0 Å². The Hall–Kier alpha value is -2.48. The Morgan fingerprint density at radius 2 is 1.72 bits per heavy atom. The van der Waals surface area contributed by atoms with Gasteiger partial charge in [0.05, 0.1) is 24.2 Å². The minimum atomic E-state index is -3.51. The Bertz CT molecular complexity index is 1090. The first kappa shape index (κ1) is 22.7. The molecule has 1 fully saturated rings. The summed E-state index contributed by atoms with van der Waals surface area (Å²) in [6.07, 6.45) is 7.92. The predicted octanol–water partition coefficient (Wildman–Crippen LogP) is 3.48. The number of sulfonamides is 1. The van der Waals surface area contributed by atoms with Gasteiger partial charge in [0.2, 0.25) is 15.9 Å². The number of hydrogen-bond acceptors (Lipinski definition) is 4. The van der Waals surface area contributed by atoms with Crippen molar-refractivity contribution in [3.8, 4) is 0 Å². The molecule has 0 spiro atoms. The van der Waals surface area contributed by atoms with Gasteiger partial charge in [-0.3, -0.25) is 4.79 Å². The maximum atomic E-state index is 12.7. The molecule has 170 valence electrons. The summed E-state index contributed by atoms with van der Waals surface area (Å²) in [5.41, 5.74) is 4.71. The first-order valence-corrected chi connectivity index (χ1v) is 12.7. The molecule has 2 aliphatic rings. The number of carbonyl (C=O) groups is 1. The van der Waals surface area contributed by atoms with Crippen LogP contribution in [0.2, 0.25) is 0 Å². The molecule has 1 N–H and O–H groups in total. The molecule has 1 aliphatic heterocycles. The SMILES string of the molecule is CC(NC(=O)/C=C/c1ccc(S(=O)(=O)N2CCOCC2)cc1)c1ccc2c(c1)CCCC2. The Morgan fingerprint density at radius 1 is 1.03 bits per heavy atom. The van der Waals surface area contributed by atoms with Crippen molar-refractivity contribution in [3.63, 3.8) is 0 Å². The number of amides is 1. The van der Waals surface area contributed by atoms with Gasteiger partial charge in [0.25, 0.3) is 0 Å². The van der Waals surface area contributed by atoms with Crippen LogP contribution in [0, 0.1) is 0 Å². The number of fused-ring (bicyclic) bond motifs is 1. The van der Waals surface area contributed by atoms with E-state index in [0.717, 1.165) is 24.0 Å². The summed E-state index contributed by atoms with van der Waals surface area (Å²) in [5.74, 6) is -0.180. The number of hydrogen-bond donors (Lipinski definition) is 1. The third-order valence-electron chi connectivity index (χ3n) is 6.15. The standard InChI is InChI=1S/C25H30N2O4S/c1-19(22-10-9-21-4-2-3-5-23(21)18-22)26-25(28)13-8-20-6-11-24(12-7-20)32(29,30)27-14-16-31-17-15-27/h6-13,18-19H,2-5,14-17H2,1H3,(H,26,28)/b13-8+. The van der Waals surface area contributed by atoms with Crippen LogP contribution in [0.5, 0.6) is 0 Å². The molecule has 1 aliphatic carbocycles. The first-order valence-electron chi connectivity index (χ1n) is 11.2. The Balaban J connectivity index is 1.36. The van der Waals surface area contributed by atoms with Crippen molar-refractivity contribution in [1.29, 1.82) is 0 Å². The lowest BCUT2D eigenvalue weighted by molar-refractivity contribution is -0.117. The number of ether oxygens (including phenoxy) is 1. The molecule has 1 atom stereocenters. The molecule has 1 saturated heterocycles. The number of nitrogens with zero attached hydrogens (tertiary/aromatic N) is 1. The molecule has 6 nitrogen and oxygen atoms in total. The normalized spacial score (nSPS) is 18.3. The molecule has 2 aromatic carbocycles. The van der Waals surface area contributed by atoms with E-state index in [2.05, 4.69) is 23.5 Å². The summed E-state index contributed by atoms with van der Waals surface area (Å²) in [5, 5.41) is 3.01. The van der Waals surface area contributed by atoms with Crippen molar-refractivity contribution < 1.29 is 17.9 Å². The zero-order valence-electron chi connectivity index (χ0n) is 18.4. The number of nitrogens with one attached hydrogen (secondary N) is 1. The van der Waals surface area contributed by atoms with E-state index in [1.165, 1.54) is 34.3 Å². The quantitative estimate of drug-likeness (QED) is 0.678. The van der Waals surface area contributed by atoms with Gasteiger partial charge in [-0.1, -0.05) is 30.3 Å². The van der Waals surface area contributed by atoms with Crippen LogP contribution in [0.1, 0.15) is 48.1 Å². The van der Waals surface area contributed by atoms with Crippen LogP contribution in [0.4, 0.5) is 0 Å². The Morgan fingerprint density at radius 3 is 2.44 bits per heavy atom. The van der Waals surface area contributed by atoms with Gasteiger partial charge in [-0.05, 0) is 73.1 Å². The molecule has 0 aromatic heterocycles. The average molecular weight is 455 g/mol. The predicted molar refractivity (Wildman–Crippen MR) is 125 cm³/mol. The van der Waals surface area contributed by atoms with Crippen molar-refractivity contribution in [2.45, 2.75) is 43.5 Å². The number of benzene rings is 2. The molecule has 2 aromatic rings. The lowest BCUT2D eigenvalue weighted by Gasteiger charge is -2.26.